The Hall–Kier alpha value is -0.870. The van der Waals surface area contributed by atoms with Crippen molar-refractivity contribution in [1.29, 1.82) is 0 Å². The molecule has 0 aliphatic heterocycles. The maximum Gasteiger partial charge on any atom is 0.331 e. The van der Waals surface area contributed by atoms with Crippen molar-refractivity contribution in [2.45, 2.75) is 103 Å². The Labute approximate surface area is 148 Å². The zero-order chi connectivity index (χ0) is 18.2. The molecular formula is C20H38O4. The highest BCUT2D eigenvalue weighted by molar-refractivity contribution is 5.86. The molecule has 0 amide bonds. The summed E-state index contributed by atoms with van der Waals surface area (Å²) in [7, 11) is 0. The molecular weight excluding hydrogens is 304 g/mol. The minimum atomic E-state index is -0.944. The fourth-order valence-electron chi connectivity index (χ4n) is 2.85. The molecule has 0 aliphatic carbocycles. The Bertz CT molecular complexity index is 350. The smallest absolute Gasteiger partial charge is 0.331 e. The summed E-state index contributed by atoms with van der Waals surface area (Å²) in [4.78, 5) is 10.9. The molecule has 0 aliphatic rings. The second-order valence-corrected chi connectivity index (χ2v) is 6.88. The number of aliphatic carboxylic acids is 1. The fraction of sp³-hybridized carbons (Fsp3) is 0.850. The summed E-state index contributed by atoms with van der Waals surface area (Å²) < 4.78 is 0. The lowest BCUT2D eigenvalue weighted by Crippen LogP contribution is -2.13. The summed E-state index contributed by atoms with van der Waals surface area (Å²) >= 11 is 0. The van der Waals surface area contributed by atoms with Crippen molar-refractivity contribution < 1.29 is 20.1 Å². The molecule has 0 saturated carbocycles. The SMILES string of the molecule is CC(C(=O)O)=C(C)C(O)CCCCCCCCCCCCCCO. The van der Waals surface area contributed by atoms with E-state index in [1.54, 1.807) is 13.8 Å². The minimum absolute atomic E-state index is 0.263. The number of hydrogen-bond donors (Lipinski definition) is 3. The molecule has 0 spiro atoms. The van der Waals surface area contributed by atoms with Gasteiger partial charge in [-0.05, 0) is 32.3 Å². The summed E-state index contributed by atoms with van der Waals surface area (Å²) in [6, 6.07) is 0. The number of rotatable bonds is 16. The van der Waals surface area contributed by atoms with Crippen LogP contribution in [0.4, 0.5) is 0 Å². The molecule has 1 atom stereocenters. The highest BCUT2D eigenvalue weighted by Crippen LogP contribution is 2.16. The van der Waals surface area contributed by atoms with Gasteiger partial charge in [-0.3, -0.25) is 0 Å². The molecule has 142 valence electrons. The van der Waals surface area contributed by atoms with Crippen LogP contribution in [0.15, 0.2) is 11.1 Å². The van der Waals surface area contributed by atoms with Crippen LogP contribution in [0.1, 0.15) is 97.3 Å². The maximum atomic E-state index is 10.9. The van der Waals surface area contributed by atoms with Crippen molar-refractivity contribution in [3.05, 3.63) is 11.1 Å². The second kappa shape index (κ2) is 15.6. The zero-order valence-electron chi connectivity index (χ0n) is 15.7. The monoisotopic (exact) mass is 342 g/mol. The second-order valence-electron chi connectivity index (χ2n) is 6.88. The Morgan fingerprint density at radius 2 is 1.12 bits per heavy atom. The number of hydrogen-bond acceptors (Lipinski definition) is 3. The van der Waals surface area contributed by atoms with Crippen molar-refractivity contribution in [2.24, 2.45) is 0 Å². The zero-order valence-corrected chi connectivity index (χ0v) is 15.7. The van der Waals surface area contributed by atoms with Gasteiger partial charge in [0.2, 0.25) is 0 Å². The van der Waals surface area contributed by atoms with Gasteiger partial charge in [-0.1, -0.05) is 70.6 Å². The van der Waals surface area contributed by atoms with Crippen molar-refractivity contribution in [1.82, 2.24) is 0 Å². The standard InChI is InChI=1S/C20H38O4/c1-17(18(2)20(23)24)19(22)15-13-11-9-7-5-3-4-6-8-10-12-14-16-21/h19,21-22H,3-16H2,1-2H3,(H,23,24). The molecule has 24 heavy (non-hydrogen) atoms. The molecule has 0 fully saturated rings. The molecule has 0 rings (SSSR count). The molecule has 0 saturated heterocycles. The molecule has 0 bridgehead atoms. The van der Waals surface area contributed by atoms with Crippen LogP contribution in [-0.2, 0) is 4.79 Å². The van der Waals surface area contributed by atoms with E-state index in [1.807, 2.05) is 0 Å². The van der Waals surface area contributed by atoms with Gasteiger partial charge in [0.1, 0.15) is 0 Å². The van der Waals surface area contributed by atoms with Crippen LogP contribution in [0.2, 0.25) is 0 Å². The van der Waals surface area contributed by atoms with Gasteiger partial charge in [-0.25, -0.2) is 4.79 Å². The average molecular weight is 343 g/mol. The molecule has 0 aromatic carbocycles. The van der Waals surface area contributed by atoms with Crippen LogP contribution < -0.4 is 0 Å². The van der Waals surface area contributed by atoms with Gasteiger partial charge in [-0.2, -0.15) is 0 Å². The number of carbonyl (C=O) groups is 1. The summed E-state index contributed by atoms with van der Waals surface area (Å²) in [5.74, 6) is -0.944. The highest BCUT2D eigenvalue weighted by atomic mass is 16.4. The van der Waals surface area contributed by atoms with Crippen molar-refractivity contribution >= 4 is 5.97 Å². The molecule has 3 N–H and O–H groups in total. The first kappa shape index (κ1) is 23.1. The van der Waals surface area contributed by atoms with Gasteiger partial charge in [0.15, 0.2) is 0 Å². The third kappa shape index (κ3) is 12.5. The quantitative estimate of drug-likeness (QED) is 0.277. The van der Waals surface area contributed by atoms with Gasteiger partial charge in [0, 0.05) is 12.2 Å². The number of carboxylic acid groups (broad SMARTS) is 1. The third-order valence-corrected chi connectivity index (χ3v) is 4.80. The molecule has 4 nitrogen and oxygen atoms in total. The molecule has 0 aromatic rings. The lowest BCUT2D eigenvalue weighted by atomic mass is 9.99. The van der Waals surface area contributed by atoms with E-state index in [0.29, 0.717) is 18.6 Å². The first-order chi connectivity index (χ1) is 11.5. The molecule has 0 aromatic heterocycles. The Balaban J connectivity index is 3.42. The van der Waals surface area contributed by atoms with Crippen LogP contribution in [0, 0.1) is 0 Å². The van der Waals surface area contributed by atoms with E-state index >= 15 is 0 Å². The van der Waals surface area contributed by atoms with Gasteiger partial charge in [0.25, 0.3) is 0 Å². The topological polar surface area (TPSA) is 77.8 Å². The summed E-state index contributed by atoms with van der Waals surface area (Å²) in [6.45, 7) is 3.58. The molecule has 1 unspecified atom stereocenters. The lowest BCUT2D eigenvalue weighted by molar-refractivity contribution is -0.132. The van der Waals surface area contributed by atoms with E-state index < -0.39 is 12.1 Å². The first-order valence-corrected chi connectivity index (χ1v) is 9.70. The van der Waals surface area contributed by atoms with E-state index in [-0.39, 0.29) is 5.57 Å². The van der Waals surface area contributed by atoms with E-state index in [9.17, 15) is 9.90 Å². The lowest BCUT2D eigenvalue weighted by Gasteiger charge is -2.12. The van der Waals surface area contributed by atoms with Crippen LogP contribution in [0.3, 0.4) is 0 Å². The molecule has 0 heterocycles. The van der Waals surface area contributed by atoms with Crippen molar-refractivity contribution in [3.63, 3.8) is 0 Å². The summed E-state index contributed by atoms with van der Waals surface area (Å²) in [6.07, 6.45) is 14.4. The van der Waals surface area contributed by atoms with Gasteiger partial charge in [0.05, 0.1) is 6.10 Å². The van der Waals surface area contributed by atoms with Crippen molar-refractivity contribution in [3.8, 4) is 0 Å². The van der Waals surface area contributed by atoms with E-state index in [1.165, 1.54) is 51.4 Å². The van der Waals surface area contributed by atoms with E-state index in [2.05, 4.69) is 0 Å². The van der Waals surface area contributed by atoms with Gasteiger partial charge >= 0.3 is 5.97 Å². The van der Waals surface area contributed by atoms with Crippen LogP contribution in [0.25, 0.3) is 0 Å². The number of unbranched alkanes of at least 4 members (excludes halogenated alkanes) is 11. The Morgan fingerprint density at radius 3 is 1.50 bits per heavy atom. The summed E-state index contributed by atoms with van der Waals surface area (Å²) in [5.41, 5.74) is 0.848. The maximum absolute atomic E-state index is 10.9. The minimum Gasteiger partial charge on any atom is -0.478 e. The third-order valence-electron chi connectivity index (χ3n) is 4.80. The summed E-state index contributed by atoms with van der Waals surface area (Å²) in [5, 5.41) is 27.6. The van der Waals surface area contributed by atoms with Crippen LogP contribution in [-0.4, -0.2) is 34.0 Å². The Kier molecular flexibility index (Phi) is 15.1. The van der Waals surface area contributed by atoms with E-state index in [0.717, 1.165) is 25.7 Å². The predicted molar refractivity (Wildman–Crippen MR) is 99.1 cm³/mol. The molecule has 4 heteroatoms. The number of aliphatic hydroxyl groups excluding tert-OH is 2. The molecule has 0 radical (unpaired) electrons. The van der Waals surface area contributed by atoms with Crippen molar-refractivity contribution in [2.75, 3.05) is 6.61 Å². The first-order valence-electron chi connectivity index (χ1n) is 9.70. The number of carboxylic acids is 1. The fourth-order valence-corrected chi connectivity index (χ4v) is 2.85. The Morgan fingerprint density at radius 1 is 0.750 bits per heavy atom. The normalized spacial score (nSPS) is 13.7. The van der Waals surface area contributed by atoms with E-state index in [4.69, 9.17) is 10.2 Å². The van der Waals surface area contributed by atoms with Gasteiger partial charge in [-0.15, -0.1) is 0 Å². The average Bonchev–Trinajstić information content (AvgIpc) is 2.57. The number of aliphatic hydroxyl groups is 2. The largest absolute Gasteiger partial charge is 0.478 e. The van der Waals surface area contributed by atoms with Crippen LogP contribution in [0.5, 0.6) is 0 Å². The van der Waals surface area contributed by atoms with Gasteiger partial charge < -0.3 is 15.3 Å². The highest BCUT2D eigenvalue weighted by Gasteiger charge is 2.12. The predicted octanol–water partition coefficient (Wildman–Crippen LogP) is 4.83. The van der Waals surface area contributed by atoms with Crippen LogP contribution >= 0.6 is 0 Å².